The third-order valence-corrected chi connectivity index (χ3v) is 22.6. The molecular formula is C92H73FNO6P. The maximum Gasteiger partial charge on any atom is 0.269 e. The van der Waals surface area contributed by atoms with Gasteiger partial charge in [-0.2, -0.15) is 0 Å². The van der Waals surface area contributed by atoms with E-state index < -0.39 is 7.92 Å². The third-order valence-electron chi connectivity index (χ3n) is 20.1. The van der Waals surface area contributed by atoms with Gasteiger partial charge in [0, 0.05) is 58.1 Å². The number of nitro benzene ring substituents is 1. The van der Waals surface area contributed by atoms with Gasteiger partial charge in [-0.05, 0) is 174 Å². The SMILES string of the molecule is CC1Cc2c(ccc(-c3ccccc3)c2-c2cccc3ccccc23)C1=O.CC1Cc2c(ccc(-c3ccccc3)c2-c2ccccc2)C1=O.CC1Cc2c(ccc(P(c3ccccc3)c3ccccc3)c2-c2ccc([N+](=O)[O-])cc2)C1=O.CC1Cc2c(cccc2-c2ccc(F)cc2)C1=O. The van der Waals surface area contributed by atoms with Crippen LogP contribution in [0.15, 0.2) is 297 Å². The first kappa shape index (κ1) is 66.8. The Bertz CT molecular complexity index is 5250. The summed E-state index contributed by atoms with van der Waals surface area (Å²) < 4.78 is 12.9. The molecule has 0 aromatic heterocycles. The normalized spacial score (nSPS) is 16.1. The van der Waals surface area contributed by atoms with Crippen molar-refractivity contribution in [3.8, 4) is 66.8 Å². The first-order chi connectivity index (χ1) is 49.2. The van der Waals surface area contributed by atoms with Crippen LogP contribution in [0.5, 0.6) is 0 Å². The average molecular weight is 1340 g/mol. The minimum absolute atomic E-state index is 0.0553. The molecule has 0 aliphatic heterocycles. The maximum absolute atomic E-state index is 12.9. The number of rotatable bonds is 10. The van der Waals surface area contributed by atoms with Crippen LogP contribution in [0.2, 0.25) is 0 Å². The van der Waals surface area contributed by atoms with Crippen molar-refractivity contribution in [2.75, 3.05) is 0 Å². The minimum atomic E-state index is -0.891. The summed E-state index contributed by atoms with van der Waals surface area (Å²) >= 11 is 0. The molecule has 0 saturated carbocycles. The summed E-state index contributed by atoms with van der Waals surface area (Å²) in [7, 11) is -0.891. The van der Waals surface area contributed by atoms with Crippen molar-refractivity contribution in [1.29, 1.82) is 0 Å². The molecule has 4 aliphatic carbocycles. The number of nitrogens with zero attached hydrogens (tertiary/aromatic N) is 1. The van der Waals surface area contributed by atoms with E-state index in [-0.39, 0.29) is 63.2 Å². The van der Waals surface area contributed by atoms with Gasteiger partial charge in [0.1, 0.15) is 5.82 Å². The summed E-state index contributed by atoms with van der Waals surface area (Å²) in [4.78, 5) is 60.8. The van der Waals surface area contributed by atoms with Gasteiger partial charge < -0.3 is 0 Å². The zero-order valence-corrected chi connectivity index (χ0v) is 57.5. The molecule has 0 amide bonds. The molecule has 7 nitrogen and oxygen atoms in total. The molecule has 0 heterocycles. The van der Waals surface area contributed by atoms with Crippen molar-refractivity contribution in [2.24, 2.45) is 23.7 Å². The van der Waals surface area contributed by atoms with Crippen LogP contribution in [0, 0.1) is 39.6 Å². The van der Waals surface area contributed by atoms with Gasteiger partial charge >= 0.3 is 0 Å². The fourth-order valence-corrected chi connectivity index (χ4v) is 17.6. The minimum Gasteiger partial charge on any atom is -0.294 e. The summed E-state index contributed by atoms with van der Waals surface area (Å²) in [5.74, 6) is 0.822. The van der Waals surface area contributed by atoms with Crippen LogP contribution in [0.3, 0.4) is 0 Å². The van der Waals surface area contributed by atoms with E-state index in [9.17, 15) is 33.7 Å². The molecule has 0 N–H and O–H groups in total. The molecule has 0 bridgehead atoms. The van der Waals surface area contributed by atoms with E-state index >= 15 is 0 Å². The third kappa shape index (κ3) is 13.4. The van der Waals surface area contributed by atoms with Gasteiger partial charge in [-0.3, -0.25) is 29.3 Å². The number of non-ortho nitro benzene ring substituents is 1. The smallest absolute Gasteiger partial charge is 0.269 e. The standard InChI is InChI=1S/C28H22NO3P.C26H20O.C22H18O.C16H13FO/c1-19-18-25-24(28(19)30)16-17-26(27(25)20-12-14-21(15-13-20)29(31)32)33(22-8-4-2-5-9-22)23-10-6-3-7-11-23;1-17-16-24-23(26(17)27)15-14-21(19-8-3-2-4-9-19)25(24)22-13-7-11-18-10-5-6-12-20(18)22;1-15-14-20-19(22(15)23)13-12-18(16-8-4-2-5-9-16)21(20)17-10-6-3-7-11-17;1-10-9-15-13(3-2-4-14(15)16(10)18)11-5-7-12(17)8-6-11/h2-17,19H,18H2,1H3;2-15,17H,16H2,1H3;2-13,15H,14H2,1H3;2-8,10H,9H2,1H3. The van der Waals surface area contributed by atoms with Gasteiger partial charge in [0.25, 0.3) is 5.69 Å². The van der Waals surface area contributed by atoms with E-state index in [0.29, 0.717) is 6.42 Å². The topological polar surface area (TPSA) is 111 Å². The van der Waals surface area contributed by atoms with Gasteiger partial charge in [0.05, 0.1) is 4.92 Å². The Hall–Kier alpha value is -11.4. The first-order valence-corrected chi connectivity index (χ1v) is 35.9. The van der Waals surface area contributed by atoms with Crippen LogP contribution in [0.25, 0.3) is 77.5 Å². The molecule has 0 saturated heterocycles. The van der Waals surface area contributed by atoms with Crippen LogP contribution >= 0.6 is 7.92 Å². The zero-order chi connectivity index (χ0) is 69.8. The number of carbonyl (C=O) groups is 4. The van der Waals surface area contributed by atoms with Crippen molar-refractivity contribution < 1.29 is 28.5 Å². The van der Waals surface area contributed by atoms with Crippen molar-refractivity contribution in [3.63, 3.8) is 0 Å². The molecule has 4 aliphatic rings. The lowest BCUT2D eigenvalue weighted by molar-refractivity contribution is -0.384. The van der Waals surface area contributed by atoms with Crippen LogP contribution in [-0.2, 0) is 25.7 Å². The molecule has 17 rings (SSSR count). The van der Waals surface area contributed by atoms with Gasteiger partial charge in [0.15, 0.2) is 23.1 Å². The van der Waals surface area contributed by atoms with E-state index in [2.05, 4.69) is 182 Å². The van der Waals surface area contributed by atoms with Gasteiger partial charge in [-0.15, -0.1) is 0 Å². The monoisotopic (exact) mass is 1340 g/mol. The second kappa shape index (κ2) is 29.2. The van der Waals surface area contributed by atoms with Crippen LogP contribution in [0.1, 0.15) is 91.4 Å². The molecule has 13 aromatic rings. The first-order valence-electron chi connectivity index (χ1n) is 34.5. The molecule has 9 heteroatoms. The van der Waals surface area contributed by atoms with Crippen LogP contribution in [0.4, 0.5) is 10.1 Å². The number of nitro groups is 1. The molecule has 4 unspecified atom stereocenters. The number of hydrogen-bond donors (Lipinski definition) is 0. The average Bonchev–Trinajstić information content (AvgIpc) is 1.70. The quantitative estimate of drug-likeness (QED) is 0.0766. The number of ketones is 4. The lowest BCUT2D eigenvalue weighted by Crippen LogP contribution is -2.23. The number of carbonyl (C=O) groups excluding carboxylic acids is 4. The summed E-state index contributed by atoms with van der Waals surface area (Å²) in [6, 6.07) is 98.4. The number of halogens is 1. The Labute approximate surface area is 590 Å². The summed E-state index contributed by atoms with van der Waals surface area (Å²) in [6.45, 7) is 7.99. The van der Waals surface area contributed by atoms with E-state index in [1.165, 1.54) is 89.1 Å². The summed E-state index contributed by atoms with van der Waals surface area (Å²) in [5, 5.41) is 17.3. The second-order valence-corrected chi connectivity index (χ2v) is 28.9. The van der Waals surface area contributed by atoms with E-state index in [1.54, 1.807) is 24.3 Å². The summed E-state index contributed by atoms with van der Waals surface area (Å²) in [5.41, 5.74) is 21.6. The highest BCUT2D eigenvalue weighted by molar-refractivity contribution is 7.80. The molecule has 0 radical (unpaired) electrons. The van der Waals surface area contributed by atoms with Crippen molar-refractivity contribution in [1.82, 2.24) is 0 Å². The van der Waals surface area contributed by atoms with Crippen LogP contribution in [-0.4, -0.2) is 28.1 Å². The fraction of sp³-hybridized carbons (Fsp3) is 0.130. The van der Waals surface area contributed by atoms with Crippen molar-refractivity contribution in [2.45, 2.75) is 53.4 Å². The molecule has 494 valence electrons. The number of fused-ring (bicyclic) bond motifs is 5. The highest BCUT2D eigenvalue weighted by Crippen LogP contribution is 2.47. The van der Waals surface area contributed by atoms with Crippen molar-refractivity contribution in [3.05, 3.63) is 358 Å². The Balaban J connectivity index is 0.000000117. The molecule has 13 aromatic carbocycles. The van der Waals surface area contributed by atoms with Gasteiger partial charge in [0.2, 0.25) is 0 Å². The lowest BCUT2D eigenvalue weighted by atomic mass is 9.86. The highest BCUT2D eigenvalue weighted by Gasteiger charge is 2.35. The molecule has 4 atom stereocenters. The molecule has 0 fully saturated rings. The molecule has 101 heavy (non-hydrogen) atoms. The predicted molar refractivity (Wildman–Crippen MR) is 410 cm³/mol. The van der Waals surface area contributed by atoms with Gasteiger partial charge in [-0.25, -0.2) is 4.39 Å². The second-order valence-electron chi connectivity index (χ2n) is 26.7. The Morgan fingerprint density at radius 2 is 0.663 bits per heavy atom. The Morgan fingerprint density at radius 1 is 0.317 bits per heavy atom. The van der Waals surface area contributed by atoms with E-state index in [4.69, 9.17) is 0 Å². The maximum atomic E-state index is 12.9. The largest absolute Gasteiger partial charge is 0.294 e. The van der Waals surface area contributed by atoms with Crippen molar-refractivity contribution >= 4 is 63.4 Å². The molecule has 0 spiro atoms. The summed E-state index contributed by atoms with van der Waals surface area (Å²) in [6.07, 6.45) is 3.11. The number of benzene rings is 13. The fourth-order valence-electron chi connectivity index (χ4n) is 15.1. The Kier molecular flexibility index (Phi) is 19.3. The van der Waals surface area contributed by atoms with Crippen LogP contribution < -0.4 is 15.9 Å². The van der Waals surface area contributed by atoms with Gasteiger partial charge in [-0.1, -0.05) is 289 Å². The zero-order valence-electron chi connectivity index (χ0n) is 56.6. The predicted octanol–water partition coefficient (Wildman–Crippen LogP) is 21.2. The lowest BCUT2D eigenvalue weighted by Gasteiger charge is -2.24. The number of hydrogen-bond acceptors (Lipinski definition) is 6. The number of Topliss-reactive ketones (excluding diaryl/α,β-unsaturated/α-hetero) is 4. The van der Waals surface area contributed by atoms with E-state index in [1.807, 2.05) is 107 Å². The highest BCUT2D eigenvalue weighted by atomic mass is 31.1. The van der Waals surface area contributed by atoms with E-state index in [0.717, 1.165) is 80.2 Å². The molecular weight excluding hydrogens is 1260 g/mol. The Morgan fingerprint density at radius 3 is 1.18 bits per heavy atom.